The van der Waals surface area contributed by atoms with Crippen molar-refractivity contribution in [3.63, 3.8) is 0 Å². The lowest BCUT2D eigenvalue weighted by atomic mass is 10.1. The average molecular weight is 591 g/mol. The van der Waals surface area contributed by atoms with Crippen molar-refractivity contribution in [1.82, 2.24) is 19.5 Å². The van der Waals surface area contributed by atoms with Crippen molar-refractivity contribution >= 4 is 32.6 Å². The molecule has 4 heterocycles. The number of aliphatic hydroxyl groups excluding tert-OH is 6. The molecule has 23 heteroatoms. The first-order valence-corrected chi connectivity index (χ1v) is 13.4. The van der Waals surface area contributed by atoms with E-state index in [1.807, 2.05) is 0 Å². The molecule has 0 bridgehead atoms. The van der Waals surface area contributed by atoms with Crippen molar-refractivity contribution in [2.24, 2.45) is 0 Å². The Kier molecular flexibility index (Phi) is 8.48. The highest BCUT2D eigenvalue weighted by Gasteiger charge is 2.48. The summed E-state index contributed by atoms with van der Waals surface area (Å²) in [6.45, 7) is -0.951. The number of hydrogen-bond donors (Lipinski definition) is 9. The van der Waals surface area contributed by atoms with Gasteiger partial charge in [-0.05, 0) is 0 Å². The van der Waals surface area contributed by atoms with Crippen LogP contribution in [0.5, 0.6) is 0 Å². The van der Waals surface area contributed by atoms with Gasteiger partial charge in [0.2, 0.25) is 6.29 Å². The Bertz CT molecular complexity index is 1240. The smallest absolute Gasteiger partial charge is 0.387 e. The largest absolute Gasteiger partial charge is 0.508 e. The van der Waals surface area contributed by atoms with Crippen molar-refractivity contribution in [1.29, 1.82) is 0 Å². The maximum Gasteiger partial charge on any atom is 0.508 e. The molecule has 0 saturated carbocycles. The number of fused-ring (bicyclic) bond motifs is 1. The molecule has 4 rings (SSSR count). The van der Waals surface area contributed by atoms with Crippen LogP contribution in [-0.2, 0) is 37.0 Å². The topological polar surface area (TPSA) is 321 Å². The Morgan fingerprint density at radius 1 is 1.00 bits per heavy atom. The van der Waals surface area contributed by atoms with Crippen molar-refractivity contribution in [2.45, 2.75) is 55.4 Å². The summed E-state index contributed by atoms with van der Waals surface area (Å²) in [6, 6.07) is 0. The van der Waals surface area contributed by atoms with Gasteiger partial charge >= 0.3 is 15.6 Å². The number of phosphoric acid groups is 2. The summed E-state index contributed by atoms with van der Waals surface area (Å²) in [5.41, 5.74) is 6.03. The standard InChI is InChI=1S/C15H23N5O16P2/c16-11-5-12(18-2-17-11)20(3-19-5)13-8(23)6(21)4(32-13)1-31-37(27,28)36-38(29,30)35-34-15(26)10-7(22)9(24)14(25)33-10/h2-4,6-10,13-15,21-26H,1H2,(H,27,28)(H,29,30)(H2,16,17,18)/t4-,6+,7+,8+,9-,10-,13-,14+,15+/m1/s1. The number of phosphoric ester groups is 1. The lowest BCUT2D eigenvalue weighted by Crippen LogP contribution is -2.40. The van der Waals surface area contributed by atoms with Crippen LogP contribution in [0.1, 0.15) is 6.23 Å². The molecule has 21 nitrogen and oxygen atoms in total. The van der Waals surface area contributed by atoms with E-state index in [-0.39, 0.29) is 17.0 Å². The first-order chi connectivity index (χ1) is 17.7. The zero-order chi connectivity index (χ0) is 28.0. The van der Waals surface area contributed by atoms with Gasteiger partial charge in [-0.15, -0.1) is 4.67 Å². The predicted molar refractivity (Wildman–Crippen MR) is 113 cm³/mol. The molecule has 2 aliphatic rings. The molecule has 2 fully saturated rings. The molecule has 0 amide bonds. The molecule has 0 spiro atoms. The number of aliphatic hydroxyl groups is 6. The number of anilines is 1. The summed E-state index contributed by atoms with van der Waals surface area (Å²) in [5, 5.41) is 58.6. The molecule has 0 radical (unpaired) electrons. The lowest BCUT2D eigenvalue weighted by Gasteiger charge is -2.21. The van der Waals surface area contributed by atoms with Gasteiger partial charge < -0.3 is 55.6 Å². The minimum Gasteiger partial charge on any atom is -0.387 e. The minimum absolute atomic E-state index is 0.0364. The third kappa shape index (κ3) is 6.03. The summed E-state index contributed by atoms with van der Waals surface area (Å²) in [5.74, 6) is 0.0364. The van der Waals surface area contributed by atoms with Gasteiger partial charge in [-0.3, -0.25) is 9.09 Å². The molecule has 11 atom stereocenters. The predicted octanol–water partition coefficient (Wildman–Crippen LogP) is -4.03. The van der Waals surface area contributed by atoms with Gasteiger partial charge in [0.25, 0.3) is 0 Å². The van der Waals surface area contributed by atoms with Crippen molar-refractivity contribution in [2.75, 3.05) is 12.3 Å². The normalized spacial score (nSPS) is 35.8. The molecule has 38 heavy (non-hydrogen) atoms. The van der Waals surface area contributed by atoms with Crippen LogP contribution in [0.4, 0.5) is 5.82 Å². The van der Waals surface area contributed by atoms with Gasteiger partial charge in [0.15, 0.2) is 24.0 Å². The maximum atomic E-state index is 12.1. The lowest BCUT2D eigenvalue weighted by molar-refractivity contribution is -0.346. The van der Waals surface area contributed by atoms with Crippen LogP contribution >= 0.6 is 15.6 Å². The van der Waals surface area contributed by atoms with Crippen LogP contribution in [0.25, 0.3) is 11.2 Å². The third-order valence-electron chi connectivity index (χ3n) is 5.40. The highest BCUT2D eigenvalue weighted by Crippen LogP contribution is 2.60. The fourth-order valence-electron chi connectivity index (χ4n) is 3.56. The Morgan fingerprint density at radius 2 is 1.71 bits per heavy atom. The second-order valence-corrected chi connectivity index (χ2v) is 10.9. The Hall–Kier alpha value is -1.75. The second-order valence-electron chi connectivity index (χ2n) is 7.98. The van der Waals surface area contributed by atoms with Crippen LogP contribution in [0.2, 0.25) is 0 Å². The van der Waals surface area contributed by atoms with E-state index in [0.717, 1.165) is 6.33 Å². The highest BCUT2D eigenvalue weighted by molar-refractivity contribution is 7.61. The Labute approximate surface area is 210 Å². The molecular weight excluding hydrogens is 568 g/mol. The first-order valence-electron chi connectivity index (χ1n) is 10.4. The molecule has 0 aliphatic carbocycles. The van der Waals surface area contributed by atoms with Crippen LogP contribution in [-0.4, -0.2) is 116 Å². The number of nitrogens with zero attached hydrogens (tertiary/aromatic N) is 4. The molecular formula is C15H23N5O16P2. The Morgan fingerprint density at radius 3 is 2.37 bits per heavy atom. The van der Waals surface area contributed by atoms with E-state index in [9.17, 15) is 49.6 Å². The number of imidazole rings is 1. The molecule has 2 saturated heterocycles. The van der Waals surface area contributed by atoms with Crippen molar-refractivity contribution < 1.29 is 77.4 Å². The number of ether oxygens (including phenoxy) is 2. The minimum atomic E-state index is -5.60. The molecule has 2 aromatic rings. The zero-order valence-corrected chi connectivity index (χ0v) is 20.5. The van der Waals surface area contributed by atoms with Gasteiger partial charge in [-0.25, -0.2) is 24.1 Å². The number of aromatic nitrogens is 4. The molecule has 10 N–H and O–H groups in total. The average Bonchev–Trinajstić information content (AvgIpc) is 3.47. The van der Waals surface area contributed by atoms with E-state index in [1.54, 1.807) is 0 Å². The van der Waals surface area contributed by atoms with Gasteiger partial charge in [0, 0.05) is 0 Å². The molecule has 214 valence electrons. The quantitative estimate of drug-likeness (QED) is 0.0549. The van der Waals surface area contributed by atoms with E-state index in [4.69, 9.17) is 10.5 Å². The van der Waals surface area contributed by atoms with Gasteiger partial charge in [0.1, 0.15) is 48.5 Å². The summed E-state index contributed by atoms with van der Waals surface area (Å²) in [4.78, 5) is 35.2. The van der Waals surface area contributed by atoms with E-state index < -0.39 is 77.7 Å². The number of nitrogens with two attached hydrogens (primary N) is 1. The van der Waals surface area contributed by atoms with E-state index in [2.05, 4.69) is 38.1 Å². The van der Waals surface area contributed by atoms with E-state index >= 15 is 0 Å². The fraction of sp³-hybridized carbons (Fsp3) is 0.667. The van der Waals surface area contributed by atoms with Gasteiger partial charge in [-0.2, -0.15) is 9.20 Å². The Balaban J connectivity index is 1.32. The number of hydrogen-bond acceptors (Lipinski definition) is 18. The number of rotatable bonds is 10. The van der Waals surface area contributed by atoms with Crippen molar-refractivity contribution in [3.05, 3.63) is 12.7 Å². The van der Waals surface area contributed by atoms with Gasteiger partial charge in [0.05, 0.1) is 12.9 Å². The number of nitrogen functional groups attached to an aromatic ring is 1. The van der Waals surface area contributed by atoms with E-state index in [0.29, 0.717) is 0 Å². The summed E-state index contributed by atoms with van der Waals surface area (Å²) >= 11 is 0. The maximum absolute atomic E-state index is 12.1. The first kappa shape index (κ1) is 29.2. The molecule has 2 unspecified atom stereocenters. The van der Waals surface area contributed by atoms with Crippen LogP contribution < -0.4 is 5.73 Å². The monoisotopic (exact) mass is 591 g/mol. The SMILES string of the molecule is Nc1ncnc2c1ncn2[C@@H]1O[C@H](COP(=O)(O)OP(=O)(O)OO[C@H](O)[C@@H]2O[C@H](O)[C@H](O)[C@@H]2O)[C@H](O)[C@@H]1O. The molecule has 2 aromatic heterocycles. The summed E-state index contributed by atoms with van der Waals surface area (Å²) in [6.07, 6.45) is -13.6. The third-order valence-corrected chi connectivity index (χ3v) is 7.80. The van der Waals surface area contributed by atoms with Crippen LogP contribution in [0.3, 0.4) is 0 Å². The fourth-order valence-corrected chi connectivity index (χ4v) is 5.44. The van der Waals surface area contributed by atoms with Crippen LogP contribution in [0, 0.1) is 0 Å². The van der Waals surface area contributed by atoms with Crippen LogP contribution in [0.15, 0.2) is 12.7 Å². The summed E-state index contributed by atoms with van der Waals surface area (Å²) < 4.78 is 47.8. The molecule has 0 aromatic carbocycles. The highest BCUT2D eigenvalue weighted by atomic mass is 31.3. The second kappa shape index (κ2) is 11.0. The van der Waals surface area contributed by atoms with Gasteiger partial charge in [-0.1, -0.05) is 0 Å². The summed E-state index contributed by atoms with van der Waals surface area (Å²) in [7, 11) is -11.0. The van der Waals surface area contributed by atoms with E-state index in [1.165, 1.54) is 10.9 Å². The van der Waals surface area contributed by atoms with Crippen molar-refractivity contribution in [3.8, 4) is 0 Å². The molecule has 2 aliphatic heterocycles. The zero-order valence-electron chi connectivity index (χ0n) is 18.7.